The first kappa shape index (κ1) is 29.3. The number of carbonyl (C=O) groups excluding carboxylic acids is 1. The van der Waals surface area contributed by atoms with Gasteiger partial charge in [-0.05, 0) is 6.16 Å². The molecule has 11 heteroatoms. The van der Waals surface area contributed by atoms with Crippen molar-refractivity contribution in [3.8, 4) is 0 Å². The number of rotatable bonds is 0. The molecule has 0 N–H and O–H groups in total. The minimum atomic E-state index is -5.62. The molecule has 0 aliphatic heterocycles. The molecular weight excluding hydrogens is 264 g/mol. The Balaban J connectivity index is -0.0000000221. The van der Waals surface area contributed by atoms with Gasteiger partial charge < -0.3 is 15.0 Å². The van der Waals surface area contributed by atoms with Crippen molar-refractivity contribution in [1.29, 1.82) is 0 Å². The maximum atomic E-state index is 8.58. The molecule has 7 nitrogen and oxygen atoms in total. The third-order valence-corrected chi connectivity index (χ3v) is 0. The summed E-state index contributed by atoms with van der Waals surface area (Å²) in [7, 11) is 0. The molecule has 0 aliphatic carbocycles. The molecule has 0 bridgehead atoms. The summed E-state index contributed by atoms with van der Waals surface area (Å²) in [6.07, 6.45) is -2.33. The van der Waals surface area contributed by atoms with Crippen molar-refractivity contribution in [2.75, 3.05) is 0 Å². The zero-order valence-corrected chi connectivity index (χ0v) is 15.0. The van der Waals surface area contributed by atoms with Crippen LogP contribution in [0.1, 0.15) is 0 Å². The van der Waals surface area contributed by atoms with E-state index < -0.39 is 19.1 Å². The first-order chi connectivity index (χ1) is 3.73. The van der Waals surface area contributed by atoms with Gasteiger partial charge in [0, 0.05) is 0 Å². The van der Waals surface area contributed by atoms with E-state index in [1.165, 1.54) is 0 Å². The SMILES string of the molecule is O=C([O-])[O-].[K+].[Na+].[Na+].[O]=[Mn](=[O])(=[O])[O-]. The molecule has 0 saturated heterocycles. The van der Waals surface area contributed by atoms with Crippen LogP contribution in [0.5, 0.6) is 0 Å². The molecular formula is CKMnNa2O7. The molecule has 0 unspecified atom stereocenters. The van der Waals surface area contributed by atoms with Crippen LogP contribution in [-0.4, -0.2) is 6.16 Å². The second kappa shape index (κ2) is 16.2. The molecule has 0 aromatic carbocycles. The van der Waals surface area contributed by atoms with Gasteiger partial charge in [-0.15, -0.1) is 0 Å². The summed E-state index contributed by atoms with van der Waals surface area (Å²) in [5.41, 5.74) is 0. The zero-order chi connectivity index (χ0) is 8.08. The number of hydrogen-bond acceptors (Lipinski definition) is 7. The van der Waals surface area contributed by atoms with Crippen molar-refractivity contribution >= 4 is 6.16 Å². The van der Waals surface area contributed by atoms with Crippen molar-refractivity contribution < 1.29 is 154 Å². The van der Waals surface area contributed by atoms with Crippen LogP contribution < -0.4 is 125 Å². The summed E-state index contributed by atoms with van der Waals surface area (Å²) in [5, 5.41) is 16.7. The second-order valence-electron chi connectivity index (χ2n) is 0.628. The fourth-order valence-electron chi connectivity index (χ4n) is 0. The fourth-order valence-corrected chi connectivity index (χ4v) is 0. The van der Waals surface area contributed by atoms with Crippen molar-refractivity contribution in [1.82, 2.24) is 0 Å². The van der Waals surface area contributed by atoms with Crippen LogP contribution in [-0.2, 0) is 24.5 Å². The van der Waals surface area contributed by atoms with Crippen molar-refractivity contribution in [3.63, 3.8) is 0 Å². The molecule has 0 atom stereocenters. The molecule has 0 amide bonds. The Kier molecular flexibility index (Phi) is 39.7. The van der Waals surface area contributed by atoms with E-state index in [0.29, 0.717) is 0 Å². The Labute approximate surface area is 156 Å². The molecule has 0 rings (SSSR count). The first-order valence-corrected chi connectivity index (χ1v) is 3.16. The van der Waals surface area contributed by atoms with Gasteiger partial charge >= 0.3 is 139 Å². The van der Waals surface area contributed by atoms with E-state index >= 15 is 0 Å². The first-order valence-electron chi connectivity index (χ1n) is 1.23. The van der Waals surface area contributed by atoms with Crippen molar-refractivity contribution in [2.24, 2.45) is 0 Å². The Morgan fingerprint density at radius 1 is 1.00 bits per heavy atom. The van der Waals surface area contributed by atoms with Crippen LogP contribution in [0.15, 0.2) is 0 Å². The third kappa shape index (κ3) is 229. The molecule has 0 radical (unpaired) electrons. The molecule has 56 valence electrons. The topological polar surface area (TPSA) is 137 Å². The summed E-state index contributed by atoms with van der Waals surface area (Å²) in [6, 6.07) is 0. The second-order valence-corrected chi connectivity index (χ2v) is 1.81. The van der Waals surface area contributed by atoms with E-state index in [0.717, 1.165) is 0 Å². The maximum absolute atomic E-state index is 8.58. The molecule has 0 saturated carbocycles. The summed E-state index contributed by atoms with van der Waals surface area (Å²) >= 11 is -5.62. The van der Waals surface area contributed by atoms with Crippen LogP contribution in [0.3, 0.4) is 0 Å². The van der Waals surface area contributed by atoms with Crippen LogP contribution >= 0.6 is 0 Å². The van der Waals surface area contributed by atoms with E-state index in [1.807, 2.05) is 0 Å². The molecule has 0 fully saturated rings. The van der Waals surface area contributed by atoms with Crippen molar-refractivity contribution in [2.45, 2.75) is 0 Å². The third-order valence-electron chi connectivity index (χ3n) is 0. The monoisotopic (exact) mass is 264 g/mol. The standard InChI is InChI=1S/CH2O3.K.Mn.2Na.4O/c2-1(3)4;;;;;;;;/h(H2,2,3,4);;;;;;;;/q;+1;;2*+1;;;;-1/p-2. The quantitative estimate of drug-likeness (QED) is 0.396. The number of carboxylic acid groups (broad SMARTS) is 2. The van der Waals surface area contributed by atoms with Gasteiger partial charge in [-0.2, -0.15) is 0 Å². The summed E-state index contributed by atoms with van der Waals surface area (Å²) in [4.78, 5) is 8.33. The van der Waals surface area contributed by atoms with E-state index in [-0.39, 0.29) is 110 Å². The van der Waals surface area contributed by atoms with Crippen LogP contribution in [0.25, 0.3) is 0 Å². The Hall–Kier alpha value is 2.79. The number of hydrogen-bond donors (Lipinski definition) is 0. The van der Waals surface area contributed by atoms with Crippen LogP contribution in [0.4, 0.5) is 4.79 Å². The summed E-state index contributed by atoms with van der Waals surface area (Å²) in [6.45, 7) is 0. The predicted octanol–water partition coefficient (Wildman–Crippen LogP) is -13.0. The summed E-state index contributed by atoms with van der Waals surface area (Å²) in [5.74, 6) is 0. The van der Waals surface area contributed by atoms with Gasteiger partial charge in [0.15, 0.2) is 0 Å². The minimum absolute atomic E-state index is 0. The average Bonchev–Trinajstić information content (AvgIpc) is 1.19. The Bertz CT molecular complexity index is 207. The van der Waals surface area contributed by atoms with Gasteiger partial charge in [0.25, 0.3) is 0 Å². The van der Waals surface area contributed by atoms with Crippen LogP contribution in [0.2, 0.25) is 0 Å². The fraction of sp³-hybridized carbons (Fsp3) is 0. The summed E-state index contributed by atoms with van der Waals surface area (Å²) < 4.78 is 34.3. The molecule has 0 aromatic heterocycles. The van der Waals surface area contributed by atoms with E-state index in [2.05, 4.69) is 0 Å². The van der Waals surface area contributed by atoms with Gasteiger partial charge in [-0.3, -0.25) is 0 Å². The average molecular weight is 264 g/mol. The van der Waals surface area contributed by atoms with Crippen LogP contribution in [0, 0.1) is 0 Å². The molecule has 0 heterocycles. The van der Waals surface area contributed by atoms with Gasteiger partial charge in [0.1, 0.15) is 0 Å². The molecule has 12 heavy (non-hydrogen) atoms. The molecule has 0 aromatic rings. The predicted molar refractivity (Wildman–Crippen MR) is 7.46 cm³/mol. The van der Waals surface area contributed by atoms with Gasteiger partial charge in [-0.1, -0.05) is 0 Å². The number of carbonyl (C=O) groups is 1. The van der Waals surface area contributed by atoms with E-state index in [1.54, 1.807) is 0 Å². The Morgan fingerprint density at radius 2 is 1.00 bits per heavy atom. The van der Waals surface area contributed by atoms with Gasteiger partial charge in [0.05, 0.1) is 0 Å². The Morgan fingerprint density at radius 3 is 1.00 bits per heavy atom. The van der Waals surface area contributed by atoms with Crippen molar-refractivity contribution in [3.05, 3.63) is 0 Å². The van der Waals surface area contributed by atoms with E-state index in [9.17, 15) is 0 Å². The molecule has 0 spiro atoms. The van der Waals surface area contributed by atoms with Gasteiger partial charge in [0.2, 0.25) is 0 Å². The zero-order valence-electron chi connectivity index (χ0n) is 6.74. The molecule has 0 aliphatic rings. The normalized spacial score (nSPS) is 6.75. The van der Waals surface area contributed by atoms with Gasteiger partial charge in [-0.25, -0.2) is 0 Å². The van der Waals surface area contributed by atoms with E-state index in [4.69, 9.17) is 30.7 Å².